The van der Waals surface area contributed by atoms with E-state index >= 15 is 0 Å². The summed E-state index contributed by atoms with van der Waals surface area (Å²) in [6.45, 7) is 0. The second-order valence-corrected chi connectivity index (χ2v) is 3.60. The van der Waals surface area contributed by atoms with Crippen molar-refractivity contribution in [3.63, 3.8) is 0 Å². The Balaban J connectivity index is 0. The molecule has 1 aromatic rings. The van der Waals surface area contributed by atoms with Gasteiger partial charge in [0.2, 0.25) is 0 Å². The van der Waals surface area contributed by atoms with Gasteiger partial charge in [0.15, 0.2) is 0 Å². The summed E-state index contributed by atoms with van der Waals surface area (Å²) in [5, 5.41) is 2.48. The Kier molecular flexibility index (Phi) is 5.50. The van der Waals surface area contributed by atoms with Gasteiger partial charge in [0.25, 0.3) is 10.1 Å². The summed E-state index contributed by atoms with van der Waals surface area (Å²) in [4.78, 5) is 3.75. The molecule has 1 heterocycles. The first-order chi connectivity index (χ1) is 5.58. The summed E-state index contributed by atoms with van der Waals surface area (Å²) in [6, 6.07) is 3.31. The minimum atomic E-state index is -3.96. The number of pyridine rings is 1. The first kappa shape index (κ1) is 12.9. The third-order valence-electron chi connectivity index (χ3n) is 1.12. The van der Waals surface area contributed by atoms with E-state index in [1.807, 2.05) is 0 Å². The average Bonchev–Trinajstić information content (AvgIpc) is 2.02. The molecule has 0 aromatic carbocycles. The molecule has 7 heteroatoms. The minimum Gasteiger partial charge on any atom is -1.00 e. The molecule has 0 aliphatic rings. The van der Waals surface area contributed by atoms with Gasteiger partial charge < -0.3 is 6.74 Å². The van der Waals surface area contributed by atoms with Crippen molar-refractivity contribution in [2.75, 3.05) is 11.2 Å². The van der Waals surface area contributed by atoms with E-state index in [2.05, 4.69) is 10.3 Å². The van der Waals surface area contributed by atoms with Crippen LogP contribution in [0.2, 0.25) is 0 Å². The summed E-state index contributed by atoms with van der Waals surface area (Å²) in [5.41, 5.74) is 0.551. The number of anilines is 1. The van der Waals surface area contributed by atoms with Gasteiger partial charge in [0, 0.05) is 12.4 Å². The minimum absolute atomic E-state index is 0. The molecule has 0 bridgehead atoms. The van der Waals surface area contributed by atoms with Crippen LogP contribution in [-0.4, -0.2) is 23.8 Å². The summed E-state index contributed by atoms with van der Waals surface area (Å²) < 4.78 is 28.9. The van der Waals surface area contributed by atoms with Crippen molar-refractivity contribution in [1.82, 2.24) is 4.98 Å². The number of hydrogen-bond donors (Lipinski definition) is 2. The van der Waals surface area contributed by atoms with Crippen LogP contribution in [0.5, 0.6) is 0 Å². The summed E-state index contributed by atoms with van der Waals surface area (Å²) in [5.74, 6) is -0.501. The van der Waals surface area contributed by atoms with Crippen LogP contribution in [0.15, 0.2) is 24.5 Å². The van der Waals surface area contributed by atoms with Gasteiger partial charge >= 0.3 is 29.6 Å². The number of nitrogens with one attached hydrogen (secondary N) is 1. The topological polar surface area (TPSA) is 79.3 Å². The normalized spacial score (nSPS) is 10.2. The van der Waals surface area contributed by atoms with Gasteiger partial charge in [0.05, 0.1) is 5.69 Å². The molecule has 0 atom stereocenters. The van der Waals surface area contributed by atoms with Gasteiger partial charge in [0.1, 0.15) is 5.88 Å². The van der Waals surface area contributed by atoms with Crippen LogP contribution in [0.25, 0.3) is 0 Å². The molecule has 68 valence electrons. The fourth-order valence-electron chi connectivity index (χ4n) is 0.642. The van der Waals surface area contributed by atoms with Gasteiger partial charge in [-0.25, -0.2) is 0 Å². The Labute approximate surface area is 100 Å². The monoisotopic (exact) mass is 212 g/mol. The second-order valence-electron chi connectivity index (χ2n) is 2.14. The Morgan fingerprint density at radius 1 is 1.62 bits per heavy atom. The van der Waals surface area contributed by atoms with E-state index in [1.165, 1.54) is 6.20 Å². The summed E-state index contributed by atoms with van der Waals surface area (Å²) in [7, 11) is -3.96. The van der Waals surface area contributed by atoms with Gasteiger partial charge in [-0.3, -0.25) is 9.54 Å². The molecule has 0 saturated heterocycles. The van der Waals surface area contributed by atoms with Gasteiger partial charge in [-0.2, -0.15) is 8.42 Å². The van der Waals surface area contributed by atoms with E-state index in [-0.39, 0.29) is 31.0 Å². The average molecular weight is 212 g/mol. The van der Waals surface area contributed by atoms with Crippen LogP contribution >= 0.6 is 0 Å². The molecule has 0 saturated carbocycles. The van der Waals surface area contributed by atoms with E-state index in [9.17, 15) is 8.42 Å². The van der Waals surface area contributed by atoms with Gasteiger partial charge in [-0.05, 0) is 12.1 Å². The van der Waals surface area contributed by atoms with Crippen LogP contribution < -0.4 is 34.9 Å². The molecule has 2 N–H and O–H groups in total. The Bertz CT molecular complexity index is 345. The number of aromatic nitrogens is 1. The largest absolute Gasteiger partial charge is 1.00 e. The number of hydrogen-bond acceptors (Lipinski definition) is 4. The number of rotatable bonds is 3. The SMILES string of the molecule is O=S(=O)(O)CNc1cccnc1.[H-].[Na+]. The van der Waals surface area contributed by atoms with E-state index in [1.54, 1.807) is 18.3 Å². The first-order valence-electron chi connectivity index (χ1n) is 3.17. The molecule has 0 amide bonds. The maximum Gasteiger partial charge on any atom is 1.00 e. The predicted molar refractivity (Wildman–Crippen MR) is 45.4 cm³/mol. The van der Waals surface area contributed by atoms with Crippen molar-refractivity contribution in [2.45, 2.75) is 0 Å². The van der Waals surface area contributed by atoms with E-state index in [0.29, 0.717) is 5.69 Å². The maximum absolute atomic E-state index is 10.3. The Hall–Kier alpha value is -0.140. The van der Waals surface area contributed by atoms with Crippen LogP contribution in [0, 0.1) is 0 Å². The third kappa shape index (κ3) is 6.00. The fraction of sp³-hybridized carbons (Fsp3) is 0.167. The van der Waals surface area contributed by atoms with Crippen molar-refractivity contribution in [1.29, 1.82) is 0 Å². The summed E-state index contributed by atoms with van der Waals surface area (Å²) in [6.07, 6.45) is 3.03. The van der Waals surface area contributed by atoms with Crippen LogP contribution in [-0.2, 0) is 10.1 Å². The van der Waals surface area contributed by atoms with E-state index in [0.717, 1.165) is 0 Å². The molecule has 1 rings (SSSR count). The van der Waals surface area contributed by atoms with Crippen molar-refractivity contribution in [3.8, 4) is 0 Å². The Morgan fingerprint density at radius 3 is 2.77 bits per heavy atom. The standard InChI is InChI=1S/C6H8N2O3S.Na.H/c9-12(10,11)5-8-6-2-1-3-7-4-6;;/h1-4,8H,5H2,(H,9,10,11);;/q;+1;-1. The molecular weight excluding hydrogens is 203 g/mol. The van der Waals surface area contributed by atoms with Crippen molar-refractivity contribution < 1.29 is 44.0 Å². The Morgan fingerprint density at radius 2 is 2.31 bits per heavy atom. The fourth-order valence-corrected chi connectivity index (χ4v) is 0.991. The smallest absolute Gasteiger partial charge is 1.00 e. The molecule has 5 nitrogen and oxygen atoms in total. The molecule has 0 aliphatic heterocycles. The first-order valence-corrected chi connectivity index (χ1v) is 4.78. The molecule has 0 unspecified atom stereocenters. The molecule has 0 radical (unpaired) electrons. The molecular formula is C6H9N2NaO3S. The molecule has 0 aliphatic carbocycles. The third-order valence-corrected chi connectivity index (χ3v) is 1.63. The quantitative estimate of drug-likeness (QED) is 0.426. The summed E-state index contributed by atoms with van der Waals surface area (Å²) >= 11 is 0. The molecule has 0 fully saturated rings. The van der Waals surface area contributed by atoms with Gasteiger partial charge in [-0.15, -0.1) is 0 Å². The zero-order valence-electron chi connectivity index (χ0n) is 8.14. The van der Waals surface area contributed by atoms with E-state index in [4.69, 9.17) is 4.55 Å². The van der Waals surface area contributed by atoms with Gasteiger partial charge in [-0.1, -0.05) is 0 Å². The van der Waals surface area contributed by atoms with E-state index < -0.39 is 16.0 Å². The van der Waals surface area contributed by atoms with Crippen molar-refractivity contribution >= 4 is 15.8 Å². The maximum atomic E-state index is 10.3. The van der Waals surface area contributed by atoms with Crippen LogP contribution in [0.3, 0.4) is 0 Å². The van der Waals surface area contributed by atoms with Crippen LogP contribution in [0.1, 0.15) is 1.43 Å². The molecule has 0 spiro atoms. The second kappa shape index (κ2) is 5.56. The zero-order valence-corrected chi connectivity index (χ0v) is 9.95. The predicted octanol–water partition coefficient (Wildman–Crippen LogP) is -2.54. The number of nitrogens with zero attached hydrogens (tertiary/aromatic N) is 1. The van der Waals surface area contributed by atoms with Crippen molar-refractivity contribution in [3.05, 3.63) is 24.5 Å². The van der Waals surface area contributed by atoms with Crippen LogP contribution in [0.4, 0.5) is 5.69 Å². The molecule has 13 heavy (non-hydrogen) atoms. The zero-order chi connectivity index (χ0) is 9.03. The van der Waals surface area contributed by atoms with Crippen molar-refractivity contribution in [2.24, 2.45) is 0 Å². The molecule has 1 aromatic heterocycles.